The fourth-order valence-corrected chi connectivity index (χ4v) is 2.46. The summed E-state index contributed by atoms with van der Waals surface area (Å²) in [5.74, 6) is -0.874. The Bertz CT molecular complexity index is 717. The Morgan fingerprint density at radius 3 is 3.17 bits per heavy atom. The smallest absolute Gasteiger partial charge is 0.310 e. The third-order valence-electron chi connectivity index (χ3n) is 2.48. The van der Waals surface area contributed by atoms with Crippen molar-refractivity contribution in [2.75, 3.05) is 0 Å². The van der Waals surface area contributed by atoms with Crippen molar-refractivity contribution in [3.8, 4) is 11.3 Å². The summed E-state index contributed by atoms with van der Waals surface area (Å²) in [6, 6.07) is 5.59. The molecule has 18 heavy (non-hydrogen) atoms. The summed E-state index contributed by atoms with van der Waals surface area (Å²) < 4.78 is 5.22. The third kappa shape index (κ3) is 1.98. The number of nitrogens with zero attached hydrogens (tertiary/aromatic N) is 2. The minimum Gasteiger partial charge on any atom is -0.481 e. The first-order valence-electron chi connectivity index (χ1n) is 5.22. The molecule has 1 aromatic carbocycles. The van der Waals surface area contributed by atoms with Crippen molar-refractivity contribution in [1.82, 2.24) is 9.97 Å². The monoisotopic (exact) mass is 260 g/mol. The molecule has 0 saturated carbocycles. The number of hydrogen-bond donors (Lipinski definition) is 1. The number of aliphatic carboxylic acids is 1. The van der Waals surface area contributed by atoms with Gasteiger partial charge in [-0.3, -0.25) is 4.79 Å². The van der Waals surface area contributed by atoms with Gasteiger partial charge in [0.1, 0.15) is 10.5 Å². The van der Waals surface area contributed by atoms with E-state index in [0.29, 0.717) is 10.6 Å². The zero-order valence-electron chi connectivity index (χ0n) is 9.16. The summed E-state index contributed by atoms with van der Waals surface area (Å²) in [5.41, 5.74) is 3.14. The highest BCUT2D eigenvalue weighted by atomic mass is 32.1. The van der Waals surface area contributed by atoms with Gasteiger partial charge in [0.05, 0.1) is 12.1 Å². The number of hydrogen-bond acceptors (Lipinski definition) is 5. The number of carboxylic acids is 1. The van der Waals surface area contributed by atoms with Crippen LogP contribution in [0.3, 0.4) is 0 Å². The predicted molar refractivity (Wildman–Crippen MR) is 66.5 cm³/mol. The molecule has 0 fully saturated rings. The molecule has 3 aromatic rings. The number of carbonyl (C=O) groups is 1. The van der Waals surface area contributed by atoms with E-state index in [1.807, 2.05) is 23.6 Å². The molecule has 0 aliphatic rings. The molecule has 2 aromatic heterocycles. The van der Waals surface area contributed by atoms with Crippen LogP contribution < -0.4 is 0 Å². The Balaban J connectivity index is 1.97. The van der Waals surface area contributed by atoms with E-state index in [1.165, 1.54) is 17.7 Å². The van der Waals surface area contributed by atoms with E-state index >= 15 is 0 Å². The first kappa shape index (κ1) is 10.9. The highest BCUT2D eigenvalue weighted by Crippen LogP contribution is 2.25. The predicted octanol–water partition coefficient (Wildman–Crippen LogP) is 2.58. The van der Waals surface area contributed by atoms with Crippen molar-refractivity contribution < 1.29 is 14.3 Å². The Morgan fingerprint density at radius 1 is 1.44 bits per heavy atom. The summed E-state index contributed by atoms with van der Waals surface area (Å²) in [4.78, 5) is 18.9. The number of fused-ring (bicyclic) bond motifs is 1. The lowest BCUT2D eigenvalue weighted by atomic mass is 10.1. The van der Waals surface area contributed by atoms with Crippen LogP contribution in [0.5, 0.6) is 0 Å². The van der Waals surface area contributed by atoms with Gasteiger partial charge in [0.15, 0.2) is 12.0 Å². The molecule has 5 nitrogen and oxygen atoms in total. The van der Waals surface area contributed by atoms with Gasteiger partial charge in [0.25, 0.3) is 0 Å². The Labute approximate surface area is 106 Å². The Kier molecular flexibility index (Phi) is 2.56. The van der Waals surface area contributed by atoms with Crippen molar-refractivity contribution >= 4 is 28.4 Å². The van der Waals surface area contributed by atoms with E-state index in [-0.39, 0.29) is 6.42 Å². The summed E-state index contributed by atoms with van der Waals surface area (Å²) in [5, 5.41) is 11.1. The SMILES string of the molecule is O=C(O)Cc1nc(-c2ccc3ncoc3c2)cs1. The average Bonchev–Trinajstić information content (AvgIpc) is 2.95. The first-order chi connectivity index (χ1) is 8.72. The molecule has 0 aliphatic carbocycles. The number of aromatic nitrogens is 2. The van der Waals surface area contributed by atoms with Crippen molar-refractivity contribution in [2.45, 2.75) is 6.42 Å². The molecule has 1 N–H and O–H groups in total. The summed E-state index contributed by atoms with van der Waals surface area (Å²) in [7, 11) is 0. The molecule has 0 radical (unpaired) electrons. The van der Waals surface area contributed by atoms with Crippen LogP contribution in [0.4, 0.5) is 0 Å². The molecule has 0 atom stereocenters. The number of rotatable bonds is 3. The standard InChI is InChI=1S/C12H8N2O3S/c15-12(16)4-11-14-9(5-18-11)7-1-2-8-10(3-7)17-6-13-8/h1-3,5-6H,4H2,(H,15,16). The second kappa shape index (κ2) is 4.23. The topological polar surface area (TPSA) is 76.2 Å². The number of oxazole rings is 1. The number of carboxylic acid groups (broad SMARTS) is 1. The van der Waals surface area contributed by atoms with E-state index in [9.17, 15) is 4.79 Å². The second-order valence-corrected chi connectivity index (χ2v) is 4.67. The molecule has 0 unspecified atom stereocenters. The fraction of sp³-hybridized carbons (Fsp3) is 0.0833. The Morgan fingerprint density at radius 2 is 2.33 bits per heavy atom. The van der Waals surface area contributed by atoms with Crippen molar-refractivity contribution in [3.05, 3.63) is 35.0 Å². The molecular formula is C12H8N2O3S. The van der Waals surface area contributed by atoms with Crippen LogP contribution in [-0.2, 0) is 11.2 Å². The van der Waals surface area contributed by atoms with E-state index in [4.69, 9.17) is 9.52 Å². The lowest BCUT2D eigenvalue weighted by Gasteiger charge is -1.95. The molecule has 90 valence electrons. The van der Waals surface area contributed by atoms with Gasteiger partial charge >= 0.3 is 5.97 Å². The van der Waals surface area contributed by atoms with E-state index in [1.54, 1.807) is 0 Å². The maximum Gasteiger partial charge on any atom is 0.310 e. The molecular weight excluding hydrogens is 252 g/mol. The van der Waals surface area contributed by atoms with Gasteiger partial charge in [-0.2, -0.15) is 0 Å². The molecule has 0 saturated heterocycles. The Hall–Kier alpha value is -2.21. The lowest BCUT2D eigenvalue weighted by Crippen LogP contribution is -1.99. The second-order valence-electron chi connectivity index (χ2n) is 3.73. The number of thiazole rings is 1. The first-order valence-corrected chi connectivity index (χ1v) is 6.10. The van der Waals surface area contributed by atoms with Gasteiger partial charge < -0.3 is 9.52 Å². The number of benzene rings is 1. The zero-order valence-corrected chi connectivity index (χ0v) is 9.98. The highest BCUT2D eigenvalue weighted by Gasteiger charge is 2.09. The average molecular weight is 260 g/mol. The van der Waals surface area contributed by atoms with E-state index in [2.05, 4.69) is 9.97 Å². The maximum absolute atomic E-state index is 10.6. The van der Waals surface area contributed by atoms with Crippen molar-refractivity contribution in [1.29, 1.82) is 0 Å². The van der Waals surface area contributed by atoms with Crippen LogP contribution in [0, 0.1) is 0 Å². The molecule has 3 rings (SSSR count). The van der Waals surface area contributed by atoms with E-state index < -0.39 is 5.97 Å². The highest BCUT2D eigenvalue weighted by molar-refractivity contribution is 7.10. The minimum absolute atomic E-state index is 0.0464. The van der Waals surface area contributed by atoms with Crippen molar-refractivity contribution in [3.63, 3.8) is 0 Å². The van der Waals surface area contributed by atoms with Crippen LogP contribution in [0.2, 0.25) is 0 Å². The summed E-state index contributed by atoms with van der Waals surface area (Å²) >= 11 is 1.34. The third-order valence-corrected chi connectivity index (χ3v) is 3.33. The molecule has 0 amide bonds. The molecule has 2 heterocycles. The lowest BCUT2D eigenvalue weighted by molar-refractivity contribution is -0.136. The van der Waals surface area contributed by atoms with Gasteiger partial charge in [-0.25, -0.2) is 9.97 Å². The van der Waals surface area contributed by atoms with Crippen LogP contribution in [0.1, 0.15) is 5.01 Å². The van der Waals surface area contributed by atoms with Crippen LogP contribution in [0.15, 0.2) is 34.4 Å². The van der Waals surface area contributed by atoms with E-state index in [0.717, 1.165) is 16.8 Å². The van der Waals surface area contributed by atoms with Crippen LogP contribution in [-0.4, -0.2) is 21.0 Å². The van der Waals surface area contributed by atoms with Gasteiger partial charge in [-0.05, 0) is 12.1 Å². The normalized spacial score (nSPS) is 10.9. The van der Waals surface area contributed by atoms with Gasteiger partial charge in [-0.15, -0.1) is 11.3 Å². The van der Waals surface area contributed by atoms with Gasteiger partial charge in [0.2, 0.25) is 0 Å². The summed E-state index contributed by atoms with van der Waals surface area (Å²) in [6.45, 7) is 0. The molecule has 0 spiro atoms. The van der Waals surface area contributed by atoms with Gasteiger partial charge in [-0.1, -0.05) is 6.07 Å². The van der Waals surface area contributed by atoms with Crippen LogP contribution in [0.25, 0.3) is 22.4 Å². The molecule has 6 heteroatoms. The largest absolute Gasteiger partial charge is 0.481 e. The molecule has 0 bridgehead atoms. The van der Waals surface area contributed by atoms with Gasteiger partial charge in [0, 0.05) is 10.9 Å². The summed E-state index contributed by atoms with van der Waals surface area (Å²) in [6.07, 6.45) is 1.35. The van der Waals surface area contributed by atoms with Crippen LogP contribution >= 0.6 is 11.3 Å². The minimum atomic E-state index is -0.874. The maximum atomic E-state index is 10.6. The zero-order chi connectivity index (χ0) is 12.5. The fourth-order valence-electron chi connectivity index (χ4n) is 1.67. The molecule has 0 aliphatic heterocycles. The van der Waals surface area contributed by atoms with Crippen molar-refractivity contribution in [2.24, 2.45) is 0 Å². The quantitative estimate of drug-likeness (QED) is 0.783.